The standard InChI is InChI=1S/C18H34O4.Na/c1-2-3-4-5-7-10-13-16(19)17(20)14-11-8-6-9-12-15-18(21)22;/h12,15-17,19-20H,2-11,13-14H2,1H3,(H,21,22);/q;+1/p-1. The first-order valence-corrected chi connectivity index (χ1v) is 8.81. The molecule has 2 N–H and O–H groups in total. The Morgan fingerprint density at radius 2 is 1.39 bits per heavy atom. The number of aliphatic hydroxyl groups excluding tert-OH is 2. The molecule has 4 nitrogen and oxygen atoms in total. The van der Waals surface area contributed by atoms with Crippen LogP contribution in [0.4, 0.5) is 0 Å². The summed E-state index contributed by atoms with van der Waals surface area (Å²) in [6.07, 6.45) is 13.2. The van der Waals surface area contributed by atoms with Crippen LogP contribution in [0.3, 0.4) is 0 Å². The predicted molar refractivity (Wildman–Crippen MR) is 87.2 cm³/mol. The number of aliphatic carboxylic acids is 1. The molecule has 0 rings (SSSR count). The second-order valence-electron chi connectivity index (χ2n) is 6.05. The molecular weight excluding hydrogens is 303 g/mol. The average molecular weight is 336 g/mol. The van der Waals surface area contributed by atoms with Gasteiger partial charge < -0.3 is 20.1 Å². The molecular formula is C18H33NaO4. The van der Waals surface area contributed by atoms with Gasteiger partial charge in [0.1, 0.15) is 0 Å². The van der Waals surface area contributed by atoms with Crippen LogP contribution in [0.15, 0.2) is 12.2 Å². The largest absolute Gasteiger partial charge is 1.00 e. The van der Waals surface area contributed by atoms with E-state index >= 15 is 0 Å². The molecule has 0 aromatic heterocycles. The Hall–Kier alpha value is 0.130. The van der Waals surface area contributed by atoms with E-state index in [1.165, 1.54) is 25.7 Å². The molecule has 0 aliphatic rings. The molecule has 0 aromatic rings. The third-order valence-electron chi connectivity index (χ3n) is 3.92. The fourth-order valence-corrected chi connectivity index (χ4v) is 2.49. The van der Waals surface area contributed by atoms with Crippen LogP contribution in [-0.2, 0) is 4.79 Å². The van der Waals surface area contributed by atoms with Crippen LogP contribution >= 0.6 is 0 Å². The minimum atomic E-state index is -1.16. The molecule has 2 unspecified atom stereocenters. The topological polar surface area (TPSA) is 80.6 Å². The van der Waals surface area contributed by atoms with Crippen LogP contribution in [0.25, 0.3) is 0 Å². The number of hydrogen-bond acceptors (Lipinski definition) is 4. The summed E-state index contributed by atoms with van der Waals surface area (Å²) in [5, 5.41) is 29.9. The summed E-state index contributed by atoms with van der Waals surface area (Å²) in [5.74, 6) is -1.16. The number of carboxylic acid groups (broad SMARTS) is 1. The van der Waals surface area contributed by atoms with Crippen molar-refractivity contribution in [2.75, 3.05) is 0 Å². The van der Waals surface area contributed by atoms with Crippen LogP contribution in [0.5, 0.6) is 0 Å². The summed E-state index contributed by atoms with van der Waals surface area (Å²) in [7, 11) is 0. The molecule has 0 aliphatic carbocycles. The molecule has 0 aromatic carbocycles. The van der Waals surface area contributed by atoms with Gasteiger partial charge in [0.2, 0.25) is 0 Å². The van der Waals surface area contributed by atoms with Gasteiger partial charge in [0.15, 0.2) is 0 Å². The average Bonchev–Trinajstić information content (AvgIpc) is 2.49. The van der Waals surface area contributed by atoms with E-state index in [0.717, 1.165) is 38.2 Å². The summed E-state index contributed by atoms with van der Waals surface area (Å²) in [6.45, 7) is 2.19. The molecule has 23 heavy (non-hydrogen) atoms. The van der Waals surface area contributed by atoms with E-state index in [-0.39, 0.29) is 29.6 Å². The van der Waals surface area contributed by atoms with Gasteiger partial charge in [-0.15, -0.1) is 0 Å². The van der Waals surface area contributed by atoms with Crippen LogP contribution in [0, 0.1) is 0 Å². The van der Waals surface area contributed by atoms with E-state index in [1.54, 1.807) is 6.08 Å². The Morgan fingerprint density at radius 1 is 0.913 bits per heavy atom. The van der Waals surface area contributed by atoms with Gasteiger partial charge in [0, 0.05) is 0 Å². The Labute approximate surface area is 163 Å². The maximum atomic E-state index is 10.2. The monoisotopic (exact) mass is 336 g/mol. The van der Waals surface area contributed by atoms with E-state index in [9.17, 15) is 20.1 Å². The Morgan fingerprint density at radius 3 is 1.91 bits per heavy atom. The fourth-order valence-electron chi connectivity index (χ4n) is 2.49. The quantitative estimate of drug-likeness (QED) is 0.245. The number of hydrogen-bond donors (Lipinski definition) is 2. The van der Waals surface area contributed by atoms with Crippen LogP contribution in [0.1, 0.15) is 84.0 Å². The second kappa shape index (κ2) is 18.5. The number of carbonyl (C=O) groups is 1. The van der Waals surface area contributed by atoms with Gasteiger partial charge in [-0.3, -0.25) is 0 Å². The smallest absolute Gasteiger partial charge is 0.545 e. The summed E-state index contributed by atoms with van der Waals surface area (Å²) in [4.78, 5) is 10.2. The van der Waals surface area contributed by atoms with Crippen molar-refractivity contribution >= 4 is 5.97 Å². The van der Waals surface area contributed by atoms with Crippen molar-refractivity contribution in [2.45, 2.75) is 96.2 Å². The van der Waals surface area contributed by atoms with Gasteiger partial charge in [-0.05, 0) is 31.8 Å². The number of aliphatic hydroxyl groups is 2. The number of rotatable bonds is 15. The molecule has 0 bridgehead atoms. The van der Waals surface area contributed by atoms with Crippen molar-refractivity contribution in [2.24, 2.45) is 0 Å². The molecule has 0 saturated carbocycles. The zero-order valence-corrected chi connectivity index (χ0v) is 17.0. The van der Waals surface area contributed by atoms with Gasteiger partial charge in [-0.2, -0.15) is 0 Å². The molecule has 0 amide bonds. The summed E-state index contributed by atoms with van der Waals surface area (Å²) >= 11 is 0. The van der Waals surface area contributed by atoms with Gasteiger partial charge in [-0.1, -0.05) is 64.4 Å². The molecule has 0 aliphatic heterocycles. The zero-order chi connectivity index (χ0) is 16.6. The van der Waals surface area contributed by atoms with Crippen molar-refractivity contribution in [3.05, 3.63) is 12.2 Å². The van der Waals surface area contributed by atoms with Crippen LogP contribution < -0.4 is 34.7 Å². The summed E-state index contributed by atoms with van der Waals surface area (Å²) in [5.41, 5.74) is 0. The first-order valence-electron chi connectivity index (χ1n) is 8.81. The number of unbranched alkanes of at least 4 members (excludes halogenated alkanes) is 8. The molecule has 0 spiro atoms. The summed E-state index contributed by atoms with van der Waals surface area (Å²) in [6, 6.07) is 0. The number of carboxylic acids is 1. The molecule has 2 atom stereocenters. The van der Waals surface area contributed by atoms with Crippen molar-refractivity contribution < 1.29 is 49.7 Å². The molecule has 0 saturated heterocycles. The normalized spacial score (nSPS) is 13.7. The van der Waals surface area contributed by atoms with Crippen molar-refractivity contribution in [3.63, 3.8) is 0 Å². The Bertz CT molecular complexity index is 295. The number of allylic oxidation sites excluding steroid dienone is 1. The molecule has 130 valence electrons. The van der Waals surface area contributed by atoms with Crippen LogP contribution in [0.2, 0.25) is 0 Å². The van der Waals surface area contributed by atoms with Gasteiger partial charge in [-0.25, -0.2) is 0 Å². The van der Waals surface area contributed by atoms with Crippen molar-refractivity contribution in [1.29, 1.82) is 0 Å². The SMILES string of the molecule is CCCCCCCCC(O)C(O)CCCCCC=CC(=O)[O-].[Na+]. The maximum absolute atomic E-state index is 10.2. The summed E-state index contributed by atoms with van der Waals surface area (Å²) < 4.78 is 0. The van der Waals surface area contributed by atoms with E-state index in [1.807, 2.05) is 0 Å². The Kier molecular flexibility index (Phi) is 20.4. The minimum absolute atomic E-state index is 0. The van der Waals surface area contributed by atoms with Gasteiger partial charge in [0.25, 0.3) is 0 Å². The van der Waals surface area contributed by atoms with E-state index < -0.39 is 18.2 Å². The first-order chi connectivity index (χ1) is 10.6. The molecule has 5 heteroatoms. The maximum Gasteiger partial charge on any atom is 1.00 e. The predicted octanol–water partition coefficient (Wildman–Crippen LogP) is -0.281. The van der Waals surface area contributed by atoms with Crippen molar-refractivity contribution in [3.8, 4) is 0 Å². The first kappa shape index (κ1) is 25.4. The second-order valence-corrected chi connectivity index (χ2v) is 6.05. The van der Waals surface area contributed by atoms with E-state index in [0.29, 0.717) is 19.3 Å². The van der Waals surface area contributed by atoms with Gasteiger partial charge >= 0.3 is 29.6 Å². The third kappa shape index (κ3) is 18.3. The molecule has 0 heterocycles. The van der Waals surface area contributed by atoms with Crippen LogP contribution in [-0.4, -0.2) is 28.4 Å². The van der Waals surface area contributed by atoms with Crippen molar-refractivity contribution in [1.82, 2.24) is 0 Å². The van der Waals surface area contributed by atoms with E-state index in [2.05, 4.69) is 6.92 Å². The fraction of sp³-hybridized carbons (Fsp3) is 0.833. The zero-order valence-electron chi connectivity index (χ0n) is 15.0. The third-order valence-corrected chi connectivity index (χ3v) is 3.92. The number of carbonyl (C=O) groups excluding carboxylic acids is 1. The van der Waals surface area contributed by atoms with E-state index in [4.69, 9.17) is 0 Å². The molecule has 0 radical (unpaired) electrons. The van der Waals surface area contributed by atoms with Gasteiger partial charge in [0.05, 0.1) is 18.2 Å². The molecule has 0 fully saturated rings. The minimum Gasteiger partial charge on any atom is -0.545 e. The Balaban J connectivity index is 0.